The van der Waals surface area contributed by atoms with E-state index < -0.39 is 0 Å². The van der Waals surface area contributed by atoms with Crippen LogP contribution in [0.15, 0.2) is 41.1 Å². The van der Waals surface area contributed by atoms with E-state index in [9.17, 15) is 9.59 Å². The second-order valence-corrected chi connectivity index (χ2v) is 4.99. The van der Waals surface area contributed by atoms with E-state index in [1.54, 1.807) is 36.7 Å². The van der Waals surface area contributed by atoms with Gasteiger partial charge < -0.3 is 10.6 Å². The number of amides is 2. The van der Waals surface area contributed by atoms with Crippen molar-refractivity contribution in [2.75, 3.05) is 6.54 Å². The van der Waals surface area contributed by atoms with E-state index in [4.69, 9.17) is 0 Å². The van der Waals surface area contributed by atoms with Crippen LogP contribution in [0.1, 0.15) is 15.9 Å². The van der Waals surface area contributed by atoms with E-state index in [1.165, 1.54) is 0 Å². The highest BCUT2D eigenvalue weighted by Crippen LogP contribution is 2.10. The molecule has 0 atom stereocenters. The van der Waals surface area contributed by atoms with Crippen molar-refractivity contribution in [1.29, 1.82) is 0 Å². The van der Waals surface area contributed by atoms with Crippen LogP contribution in [-0.4, -0.2) is 28.6 Å². The minimum absolute atomic E-state index is 0.0627. The molecule has 1 aromatic carbocycles. The average Bonchev–Trinajstić information content (AvgIpc) is 2.96. The Hall–Kier alpha value is -2.15. The molecule has 1 heterocycles. The van der Waals surface area contributed by atoms with Crippen LogP contribution in [0.3, 0.4) is 0 Å². The van der Waals surface area contributed by atoms with Crippen molar-refractivity contribution in [2.24, 2.45) is 0 Å². The molecule has 0 bridgehead atoms. The highest BCUT2D eigenvalue weighted by Gasteiger charge is 2.07. The number of aromatic amines is 1. The molecule has 2 rings (SSSR count). The van der Waals surface area contributed by atoms with Gasteiger partial charge >= 0.3 is 0 Å². The monoisotopic (exact) mass is 336 g/mol. The van der Waals surface area contributed by atoms with Gasteiger partial charge in [-0.1, -0.05) is 15.9 Å². The number of nitrogens with zero attached hydrogens (tertiary/aromatic N) is 1. The Bertz CT molecular complexity index is 581. The molecule has 7 heteroatoms. The van der Waals surface area contributed by atoms with Crippen LogP contribution in [0.2, 0.25) is 0 Å². The van der Waals surface area contributed by atoms with Crippen LogP contribution < -0.4 is 10.6 Å². The summed E-state index contributed by atoms with van der Waals surface area (Å²) in [6.07, 6.45) is 3.32. The van der Waals surface area contributed by atoms with Crippen LogP contribution in [0.5, 0.6) is 0 Å². The number of H-pyrrole nitrogens is 1. The Morgan fingerprint density at radius 3 is 2.60 bits per heavy atom. The number of benzene rings is 1. The Labute approximate surface area is 124 Å². The minimum atomic E-state index is -0.282. The Morgan fingerprint density at radius 2 is 1.95 bits per heavy atom. The van der Waals surface area contributed by atoms with Crippen LogP contribution in [0, 0.1) is 0 Å². The molecule has 6 nitrogen and oxygen atoms in total. The van der Waals surface area contributed by atoms with E-state index in [2.05, 4.69) is 36.8 Å². The number of rotatable bonds is 5. The lowest BCUT2D eigenvalue weighted by molar-refractivity contribution is -0.120. The minimum Gasteiger partial charge on any atom is -0.350 e. The maximum absolute atomic E-state index is 11.8. The van der Waals surface area contributed by atoms with E-state index in [0.29, 0.717) is 12.1 Å². The van der Waals surface area contributed by atoms with E-state index >= 15 is 0 Å². The highest BCUT2D eigenvalue weighted by atomic mass is 79.9. The SMILES string of the molecule is O=C(CNC(=O)c1ccc(Br)cc1)NCc1cn[nH]c1. The Balaban J connectivity index is 1.75. The molecule has 0 aliphatic heterocycles. The van der Waals surface area contributed by atoms with Crippen LogP contribution in [0.4, 0.5) is 0 Å². The third-order valence-corrected chi connectivity index (χ3v) is 3.09. The molecule has 1 aromatic heterocycles. The molecule has 0 aliphatic carbocycles. The molecule has 2 aromatic rings. The molecule has 3 N–H and O–H groups in total. The summed E-state index contributed by atoms with van der Waals surface area (Å²) >= 11 is 3.29. The molecular weight excluding hydrogens is 324 g/mol. The maximum Gasteiger partial charge on any atom is 0.251 e. The first-order valence-electron chi connectivity index (χ1n) is 5.93. The molecule has 104 valence electrons. The number of halogens is 1. The summed E-state index contributed by atoms with van der Waals surface area (Å²) < 4.78 is 0.895. The van der Waals surface area contributed by atoms with E-state index in [1.807, 2.05) is 0 Å². The van der Waals surface area contributed by atoms with Crippen molar-refractivity contribution < 1.29 is 9.59 Å². The van der Waals surface area contributed by atoms with Gasteiger partial charge in [0.15, 0.2) is 0 Å². The summed E-state index contributed by atoms with van der Waals surface area (Å²) in [6, 6.07) is 6.91. The molecule has 0 unspecified atom stereocenters. The van der Waals surface area contributed by atoms with Crippen molar-refractivity contribution in [3.63, 3.8) is 0 Å². The third kappa shape index (κ3) is 4.20. The zero-order valence-corrected chi connectivity index (χ0v) is 12.1. The van der Waals surface area contributed by atoms with Crippen LogP contribution >= 0.6 is 15.9 Å². The normalized spacial score (nSPS) is 10.1. The van der Waals surface area contributed by atoms with Gasteiger partial charge in [0.25, 0.3) is 5.91 Å². The summed E-state index contributed by atoms with van der Waals surface area (Å²) in [4.78, 5) is 23.3. The third-order valence-electron chi connectivity index (χ3n) is 2.56. The summed E-state index contributed by atoms with van der Waals surface area (Å²) in [5.41, 5.74) is 1.38. The second kappa shape index (κ2) is 6.85. The molecule has 0 fully saturated rings. The summed E-state index contributed by atoms with van der Waals surface area (Å²) in [7, 11) is 0. The quantitative estimate of drug-likeness (QED) is 0.767. The van der Waals surface area contributed by atoms with E-state index in [0.717, 1.165) is 10.0 Å². The van der Waals surface area contributed by atoms with Crippen molar-refractivity contribution in [1.82, 2.24) is 20.8 Å². The van der Waals surface area contributed by atoms with Gasteiger partial charge in [-0.2, -0.15) is 5.10 Å². The fourth-order valence-electron chi connectivity index (χ4n) is 1.50. The van der Waals surface area contributed by atoms with Gasteiger partial charge in [0.1, 0.15) is 0 Å². The molecule has 0 saturated carbocycles. The van der Waals surface area contributed by atoms with Gasteiger partial charge in [-0.25, -0.2) is 0 Å². The lowest BCUT2D eigenvalue weighted by Gasteiger charge is -2.06. The zero-order valence-electron chi connectivity index (χ0n) is 10.5. The summed E-state index contributed by atoms with van der Waals surface area (Å²) in [5.74, 6) is -0.535. The van der Waals surface area contributed by atoms with Crippen LogP contribution in [0.25, 0.3) is 0 Å². The standard InChI is InChI=1S/C13H13BrN4O2/c14-11-3-1-10(2-4-11)13(20)16-8-12(19)15-5-9-6-17-18-7-9/h1-4,6-7H,5,8H2,(H,15,19)(H,16,20)(H,17,18). The number of hydrogen-bond acceptors (Lipinski definition) is 3. The van der Waals surface area contributed by atoms with Gasteiger partial charge in [0.05, 0.1) is 12.7 Å². The molecule has 0 spiro atoms. The molecule has 20 heavy (non-hydrogen) atoms. The Morgan fingerprint density at radius 1 is 1.20 bits per heavy atom. The van der Waals surface area contributed by atoms with Gasteiger partial charge in [-0.05, 0) is 24.3 Å². The largest absolute Gasteiger partial charge is 0.350 e. The highest BCUT2D eigenvalue weighted by molar-refractivity contribution is 9.10. The number of carbonyl (C=O) groups excluding carboxylic acids is 2. The number of hydrogen-bond donors (Lipinski definition) is 3. The first-order chi connectivity index (χ1) is 9.65. The van der Waals surface area contributed by atoms with Gasteiger partial charge in [-0.3, -0.25) is 14.7 Å². The smallest absolute Gasteiger partial charge is 0.251 e. The Kier molecular flexibility index (Phi) is 4.89. The maximum atomic E-state index is 11.8. The predicted octanol–water partition coefficient (Wildman–Crippen LogP) is 1.22. The number of nitrogens with one attached hydrogen (secondary N) is 3. The fourth-order valence-corrected chi connectivity index (χ4v) is 1.77. The van der Waals surface area contributed by atoms with Crippen molar-refractivity contribution >= 4 is 27.7 Å². The van der Waals surface area contributed by atoms with Crippen molar-refractivity contribution in [2.45, 2.75) is 6.54 Å². The predicted molar refractivity (Wildman–Crippen MR) is 76.9 cm³/mol. The first kappa shape index (κ1) is 14.3. The van der Waals surface area contributed by atoms with Crippen molar-refractivity contribution in [3.05, 3.63) is 52.3 Å². The van der Waals surface area contributed by atoms with Gasteiger partial charge in [-0.15, -0.1) is 0 Å². The number of carbonyl (C=O) groups is 2. The molecular formula is C13H13BrN4O2. The fraction of sp³-hybridized carbons (Fsp3) is 0.154. The van der Waals surface area contributed by atoms with Crippen LogP contribution in [-0.2, 0) is 11.3 Å². The second-order valence-electron chi connectivity index (χ2n) is 4.07. The zero-order chi connectivity index (χ0) is 14.4. The molecule has 2 amide bonds. The van der Waals surface area contributed by atoms with Gasteiger partial charge in [0.2, 0.25) is 5.91 Å². The lowest BCUT2D eigenvalue weighted by atomic mass is 10.2. The average molecular weight is 337 g/mol. The molecule has 0 aliphatic rings. The number of aromatic nitrogens is 2. The topological polar surface area (TPSA) is 86.9 Å². The molecule has 0 saturated heterocycles. The lowest BCUT2D eigenvalue weighted by Crippen LogP contribution is -2.36. The first-order valence-corrected chi connectivity index (χ1v) is 6.72. The molecule has 0 radical (unpaired) electrons. The summed E-state index contributed by atoms with van der Waals surface area (Å²) in [5, 5.41) is 11.7. The van der Waals surface area contributed by atoms with Gasteiger partial charge in [0, 0.05) is 28.3 Å². The van der Waals surface area contributed by atoms with Crippen molar-refractivity contribution in [3.8, 4) is 0 Å². The summed E-state index contributed by atoms with van der Waals surface area (Å²) in [6.45, 7) is 0.316. The van der Waals surface area contributed by atoms with E-state index in [-0.39, 0.29) is 18.4 Å².